The van der Waals surface area contributed by atoms with Gasteiger partial charge in [0, 0.05) is 0 Å². The summed E-state index contributed by atoms with van der Waals surface area (Å²) in [6.07, 6.45) is 0. The van der Waals surface area contributed by atoms with Gasteiger partial charge in [0.05, 0.1) is 0 Å². The third-order valence-electron chi connectivity index (χ3n) is 10.1. The SMILES string of the molecule is Cc1cc(C)cc(-c2cccc3[cH-]c(C(C)C)cc23)c1.Cc1cc2c(-c3cccc4ccccc34)cc(-c3cccc4ccccc34)cc2[cH-]1.Cl.Cl.[CH3-].[CH3-].[Si]=[Zr]. The Hall–Kier alpha value is -4.04. The summed E-state index contributed by atoms with van der Waals surface area (Å²) in [6, 6.07) is 58.0. The molecule has 56 heavy (non-hydrogen) atoms. The maximum absolute atomic E-state index is 3.06. The molecule has 0 heterocycles. The van der Waals surface area contributed by atoms with Crippen LogP contribution in [0.1, 0.15) is 42.0 Å². The second-order valence-electron chi connectivity index (χ2n) is 14.2. The van der Waals surface area contributed by atoms with E-state index in [1.54, 1.807) is 0 Å². The summed E-state index contributed by atoms with van der Waals surface area (Å²) < 4.78 is 0. The monoisotopic (exact) mass is 862 g/mol. The summed E-state index contributed by atoms with van der Waals surface area (Å²) in [5.41, 5.74) is 13.2. The number of benzene rings is 7. The minimum atomic E-state index is 0. The van der Waals surface area contributed by atoms with E-state index >= 15 is 0 Å². The van der Waals surface area contributed by atoms with Crippen LogP contribution in [0.4, 0.5) is 0 Å². The molecule has 0 fully saturated rings. The zero-order chi connectivity index (χ0) is 36.4. The van der Waals surface area contributed by atoms with Crippen molar-refractivity contribution in [2.24, 2.45) is 0 Å². The second-order valence-corrected chi connectivity index (χ2v) is 14.2. The fraction of sp³-hybridized carbons (Fsp3) is 0.115. The molecule has 0 atom stereocenters. The van der Waals surface area contributed by atoms with E-state index in [2.05, 4.69) is 199 Å². The minimum absolute atomic E-state index is 0. The summed E-state index contributed by atoms with van der Waals surface area (Å²) in [6.45, 7) is 14.1. The van der Waals surface area contributed by atoms with Crippen molar-refractivity contribution >= 4 is 74.8 Å². The zero-order valence-electron chi connectivity index (χ0n) is 33.4. The molecular formula is C52H50Cl2SiZr-4. The molecule has 2 radical (unpaired) electrons. The van der Waals surface area contributed by atoms with Crippen molar-refractivity contribution < 1.29 is 23.3 Å². The first kappa shape index (κ1) is 46.3. The van der Waals surface area contributed by atoms with Crippen LogP contribution in [-0.2, 0) is 23.3 Å². The van der Waals surface area contributed by atoms with E-state index in [0.717, 1.165) is 0 Å². The van der Waals surface area contributed by atoms with Crippen LogP contribution in [0.3, 0.4) is 0 Å². The first-order chi connectivity index (χ1) is 25.3. The van der Waals surface area contributed by atoms with E-state index in [4.69, 9.17) is 0 Å². The third kappa shape index (κ3) is 9.55. The molecule has 9 aromatic rings. The Morgan fingerprint density at radius 3 is 1.54 bits per heavy atom. The van der Waals surface area contributed by atoms with Crippen molar-refractivity contribution in [2.75, 3.05) is 0 Å². The number of aryl methyl sites for hydroxylation is 3. The van der Waals surface area contributed by atoms with Gasteiger partial charge in [-0.05, 0) is 58.0 Å². The van der Waals surface area contributed by atoms with Crippen molar-refractivity contribution in [2.45, 2.75) is 40.5 Å². The van der Waals surface area contributed by atoms with Crippen molar-refractivity contribution in [3.8, 4) is 33.4 Å². The molecule has 9 rings (SSSR count). The Morgan fingerprint density at radius 2 is 0.929 bits per heavy atom. The molecule has 9 aromatic carbocycles. The van der Waals surface area contributed by atoms with E-state index in [1.165, 1.54) is 122 Å². The quantitative estimate of drug-likeness (QED) is 0.122. The second kappa shape index (κ2) is 20.4. The van der Waals surface area contributed by atoms with Gasteiger partial charge in [-0.3, -0.25) is 0 Å². The van der Waals surface area contributed by atoms with Gasteiger partial charge < -0.3 is 14.9 Å². The van der Waals surface area contributed by atoms with Crippen LogP contribution in [0.2, 0.25) is 0 Å². The van der Waals surface area contributed by atoms with Crippen molar-refractivity contribution in [1.29, 1.82) is 0 Å². The van der Waals surface area contributed by atoms with Gasteiger partial charge in [-0.1, -0.05) is 164 Å². The van der Waals surface area contributed by atoms with E-state index in [1.807, 2.05) is 0 Å². The molecule has 0 saturated heterocycles. The molecule has 0 aliphatic heterocycles. The third-order valence-corrected chi connectivity index (χ3v) is 10.1. The number of hydrogen-bond donors (Lipinski definition) is 0. The first-order valence-corrected chi connectivity index (χ1v) is 22.2. The number of halogens is 2. The van der Waals surface area contributed by atoms with E-state index < -0.39 is 0 Å². The average Bonchev–Trinajstić information content (AvgIpc) is 3.78. The molecule has 0 nitrogen and oxygen atoms in total. The van der Waals surface area contributed by atoms with Crippen LogP contribution in [0.5, 0.6) is 0 Å². The predicted molar refractivity (Wildman–Crippen MR) is 252 cm³/mol. The van der Waals surface area contributed by atoms with E-state index in [9.17, 15) is 0 Å². The van der Waals surface area contributed by atoms with Gasteiger partial charge in [0.15, 0.2) is 0 Å². The van der Waals surface area contributed by atoms with E-state index in [-0.39, 0.29) is 39.7 Å². The van der Waals surface area contributed by atoms with E-state index in [0.29, 0.717) is 5.92 Å². The molecule has 0 unspecified atom stereocenters. The molecule has 0 bridgehead atoms. The molecular weight excluding hydrogens is 815 g/mol. The molecule has 0 N–H and O–H groups in total. The van der Waals surface area contributed by atoms with Gasteiger partial charge in [-0.15, -0.1) is 87.8 Å². The summed E-state index contributed by atoms with van der Waals surface area (Å²) in [7, 11) is 0. The van der Waals surface area contributed by atoms with Crippen LogP contribution >= 0.6 is 24.8 Å². The van der Waals surface area contributed by atoms with Crippen molar-refractivity contribution in [1.82, 2.24) is 0 Å². The Kier molecular flexibility index (Phi) is 16.9. The molecule has 0 aliphatic carbocycles. The maximum atomic E-state index is 3.06. The van der Waals surface area contributed by atoms with Gasteiger partial charge in [0.25, 0.3) is 0 Å². The summed E-state index contributed by atoms with van der Waals surface area (Å²) >= 11 is 1.36. The van der Waals surface area contributed by atoms with Gasteiger partial charge in [0.1, 0.15) is 0 Å². The van der Waals surface area contributed by atoms with Crippen molar-refractivity contribution in [3.05, 3.63) is 195 Å². The van der Waals surface area contributed by atoms with Crippen LogP contribution in [0, 0.1) is 35.6 Å². The molecule has 0 spiro atoms. The van der Waals surface area contributed by atoms with Gasteiger partial charge >= 0.3 is 30.2 Å². The normalized spacial score (nSPS) is 10.3. The van der Waals surface area contributed by atoms with Gasteiger partial charge in [-0.2, -0.15) is 12.1 Å². The number of hydrogen-bond acceptors (Lipinski definition) is 0. The van der Waals surface area contributed by atoms with Gasteiger partial charge in [-0.25, -0.2) is 0 Å². The van der Waals surface area contributed by atoms with Crippen LogP contribution in [-0.4, -0.2) is 6.88 Å². The zero-order valence-corrected chi connectivity index (χ0v) is 38.5. The number of rotatable bonds is 4. The summed E-state index contributed by atoms with van der Waals surface area (Å²) in [4.78, 5) is 0. The molecule has 0 aliphatic rings. The Balaban J connectivity index is 0.000000286. The van der Waals surface area contributed by atoms with Crippen LogP contribution < -0.4 is 0 Å². The standard InChI is InChI=1S/C30H21.C20H21.2CH3.2ClH.Si.Zr/c1-20-16-23-18-24(27-14-6-10-21-8-2-4-12-25(21)27)19-30(29(23)17-20)28-15-7-11-22-9-3-5-13-26(22)28;1-13(2)17-11-16-6-5-7-19(20(16)12-17)18-9-14(3)8-15(4)10-18;;;;;;/h2-19H,1H3;5-13H,1-4H3;2*1H3;2*1H;;/q4*-1;;;;. The molecule has 0 saturated carbocycles. The number of fused-ring (bicyclic) bond motifs is 4. The molecule has 4 heteroatoms. The predicted octanol–water partition coefficient (Wildman–Crippen LogP) is 15.8. The molecule has 0 aromatic heterocycles. The van der Waals surface area contributed by atoms with Gasteiger partial charge in [0.2, 0.25) is 0 Å². The Bertz CT molecular complexity index is 2670. The van der Waals surface area contributed by atoms with Crippen LogP contribution in [0.15, 0.2) is 158 Å². The van der Waals surface area contributed by atoms with Crippen molar-refractivity contribution in [3.63, 3.8) is 0 Å². The van der Waals surface area contributed by atoms with Crippen LogP contribution in [0.25, 0.3) is 76.5 Å². The Morgan fingerprint density at radius 1 is 0.446 bits per heavy atom. The fourth-order valence-corrected chi connectivity index (χ4v) is 7.76. The summed E-state index contributed by atoms with van der Waals surface area (Å²) in [5, 5.41) is 10.5. The fourth-order valence-electron chi connectivity index (χ4n) is 7.76. The topological polar surface area (TPSA) is 0 Å². The molecule has 0 amide bonds. The molecule has 284 valence electrons. The summed E-state index contributed by atoms with van der Waals surface area (Å²) in [5.74, 6) is 0.578. The Labute approximate surface area is 364 Å². The first-order valence-electron chi connectivity index (χ1n) is 18.0. The average molecular weight is 865 g/mol.